The number of imidazole rings is 1. The van der Waals surface area contributed by atoms with Crippen LogP contribution in [-0.2, 0) is 13.0 Å². The number of rotatable bonds is 4. The molecule has 1 aliphatic rings. The van der Waals surface area contributed by atoms with E-state index in [4.69, 9.17) is 10.1 Å². The Kier molecular flexibility index (Phi) is 4.19. The molecule has 3 aromatic heterocycles. The first-order valence-electron chi connectivity index (χ1n) is 9.22. The van der Waals surface area contributed by atoms with Gasteiger partial charge in [-0.3, -0.25) is 0 Å². The molecule has 0 amide bonds. The van der Waals surface area contributed by atoms with Gasteiger partial charge in [0.25, 0.3) is 0 Å². The number of hydrogen-bond donors (Lipinski definition) is 0. The van der Waals surface area contributed by atoms with Crippen LogP contribution in [0.1, 0.15) is 36.7 Å². The summed E-state index contributed by atoms with van der Waals surface area (Å²) in [5.74, 6) is 1.82. The minimum atomic E-state index is 0.633. The largest absolute Gasteiger partial charge is 0.356 e. The zero-order valence-corrected chi connectivity index (χ0v) is 15.3. The average Bonchev–Trinajstić information content (AvgIpc) is 3.23. The van der Waals surface area contributed by atoms with E-state index < -0.39 is 0 Å². The molecule has 6 heteroatoms. The lowest BCUT2D eigenvalue weighted by Crippen LogP contribution is -2.38. The number of anilines is 1. The molecule has 4 rings (SSSR count). The second-order valence-electron chi connectivity index (χ2n) is 7.12. The van der Waals surface area contributed by atoms with Gasteiger partial charge in [-0.25, -0.2) is 9.97 Å². The fourth-order valence-electron chi connectivity index (χ4n) is 3.78. The summed E-state index contributed by atoms with van der Waals surface area (Å²) in [6.45, 7) is 9.52. The minimum Gasteiger partial charge on any atom is -0.356 e. The van der Waals surface area contributed by atoms with Crippen LogP contribution in [0, 0.1) is 19.8 Å². The van der Waals surface area contributed by atoms with Crippen LogP contribution in [0.25, 0.3) is 5.65 Å². The molecule has 1 saturated heterocycles. The smallest absolute Gasteiger partial charge is 0.160 e. The highest BCUT2D eigenvalue weighted by Crippen LogP contribution is 2.27. The van der Waals surface area contributed by atoms with E-state index in [9.17, 15) is 0 Å². The first-order chi connectivity index (χ1) is 12.2. The van der Waals surface area contributed by atoms with Gasteiger partial charge in [-0.15, -0.1) is 0 Å². The topological polar surface area (TPSA) is 51.2 Å². The molecule has 0 aliphatic carbocycles. The molecular formula is C19H26N6. The first kappa shape index (κ1) is 16.1. The van der Waals surface area contributed by atoms with Gasteiger partial charge in [-0.05, 0) is 39.0 Å². The van der Waals surface area contributed by atoms with Crippen LogP contribution in [0.3, 0.4) is 0 Å². The monoisotopic (exact) mass is 338 g/mol. The van der Waals surface area contributed by atoms with E-state index in [1.807, 2.05) is 17.0 Å². The highest BCUT2D eigenvalue weighted by Gasteiger charge is 2.24. The standard InChI is InChI=1S/C19H26N6/c1-4-17-10-18(25-19(21-17)14(2)15(3)22-25)24-8-5-6-16(12-24)11-23-9-7-20-13-23/h7,9-10,13,16H,4-6,8,11-12H2,1-3H3. The summed E-state index contributed by atoms with van der Waals surface area (Å²) in [6, 6.07) is 2.22. The Morgan fingerprint density at radius 3 is 2.92 bits per heavy atom. The van der Waals surface area contributed by atoms with E-state index in [0.29, 0.717) is 5.92 Å². The van der Waals surface area contributed by atoms with Crippen LogP contribution in [0.4, 0.5) is 5.82 Å². The van der Waals surface area contributed by atoms with Gasteiger partial charge in [0, 0.05) is 49.4 Å². The second kappa shape index (κ2) is 6.50. The van der Waals surface area contributed by atoms with Crippen molar-refractivity contribution in [3.63, 3.8) is 0 Å². The van der Waals surface area contributed by atoms with Crippen molar-refractivity contribution in [3.8, 4) is 0 Å². The van der Waals surface area contributed by atoms with Crippen LogP contribution < -0.4 is 4.90 Å². The van der Waals surface area contributed by atoms with Gasteiger partial charge in [0.2, 0.25) is 0 Å². The fourth-order valence-corrected chi connectivity index (χ4v) is 3.78. The van der Waals surface area contributed by atoms with Crippen molar-refractivity contribution in [2.45, 2.75) is 46.6 Å². The molecule has 4 heterocycles. The summed E-state index contributed by atoms with van der Waals surface area (Å²) in [7, 11) is 0. The van der Waals surface area contributed by atoms with E-state index >= 15 is 0 Å². The summed E-state index contributed by atoms with van der Waals surface area (Å²) in [5, 5.41) is 4.76. The Labute approximate surface area is 148 Å². The van der Waals surface area contributed by atoms with Crippen molar-refractivity contribution < 1.29 is 0 Å². The van der Waals surface area contributed by atoms with E-state index in [0.717, 1.165) is 43.1 Å². The third-order valence-corrected chi connectivity index (χ3v) is 5.32. The normalized spacial score (nSPS) is 18.2. The van der Waals surface area contributed by atoms with Gasteiger partial charge in [0.15, 0.2) is 5.65 Å². The molecule has 1 aliphatic heterocycles. The number of piperidine rings is 1. The molecule has 0 saturated carbocycles. The zero-order chi connectivity index (χ0) is 17.4. The quantitative estimate of drug-likeness (QED) is 0.734. The molecule has 1 unspecified atom stereocenters. The SMILES string of the molecule is CCc1cc(N2CCCC(Cn3ccnc3)C2)n2nc(C)c(C)c2n1. The molecule has 0 bridgehead atoms. The van der Waals surface area contributed by atoms with Gasteiger partial charge in [-0.1, -0.05) is 6.92 Å². The average molecular weight is 338 g/mol. The highest BCUT2D eigenvalue weighted by molar-refractivity contribution is 5.57. The summed E-state index contributed by atoms with van der Waals surface area (Å²) in [4.78, 5) is 11.5. The van der Waals surface area contributed by atoms with Gasteiger partial charge in [0.1, 0.15) is 5.82 Å². The highest BCUT2D eigenvalue weighted by atomic mass is 15.4. The molecule has 3 aromatic rings. The van der Waals surface area contributed by atoms with Crippen molar-refractivity contribution in [2.24, 2.45) is 5.92 Å². The zero-order valence-electron chi connectivity index (χ0n) is 15.3. The van der Waals surface area contributed by atoms with E-state index in [1.54, 1.807) is 0 Å². The van der Waals surface area contributed by atoms with E-state index in [2.05, 4.69) is 47.5 Å². The summed E-state index contributed by atoms with van der Waals surface area (Å²) in [5.41, 5.74) is 4.39. The molecule has 0 radical (unpaired) electrons. The van der Waals surface area contributed by atoms with Crippen molar-refractivity contribution in [2.75, 3.05) is 18.0 Å². The van der Waals surface area contributed by atoms with Crippen LogP contribution in [0.2, 0.25) is 0 Å². The van der Waals surface area contributed by atoms with Gasteiger partial charge < -0.3 is 9.47 Å². The molecule has 6 nitrogen and oxygen atoms in total. The van der Waals surface area contributed by atoms with Crippen molar-refractivity contribution in [3.05, 3.63) is 41.7 Å². The summed E-state index contributed by atoms with van der Waals surface area (Å²) >= 11 is 0. The molecular weight excluding hydrogens is 312 g/mol. The molecule has 132 valence electrons. The summed E-state index contributed by atoms with van der Waals surface area (Å²) in [6.07, 6.45) is 9.25. The number of aromatic nitrogens is 5. The number of nitrogens with zero attached hydrogens (tertiary/aromatic N) is 6. The Morgan fingerprint density at radius 1 is 1.28 bits per heavy atom. The Bertz CT molecular complexity index is 864. The molecule has 0 aromatic carbocycles. The second-order valence-corrected chi connectivity index (χ2v) is 7.12. The molecule has 1 fully saturated rings. The van der Waals surface area contributed by atoms with Gasteiger partial charge in [0.05, 0.1) is 12.0 Å². The number of hydrogen-bond acceptors (Lipinski definition) is 4. The van der Waals surface area contributed by atoms with Crippen LogP contribution in [0.15, 0.2) is 24.8 Å². The van der Waals surface area contributed by atoms with Crippen LogP contribution in [0.5, 0.6) is 0 Å². The maximum absolute atomic E-state index is 4.81. The Balaban J connectivity index is 1.67. The third kappa shape index (κ3) is 3.01. The molecule has 0 spiro atoms. The van der Waals surface area contributed by atoms with E-state index in [-0.39, 0.29) is 0 Å². The predicted octanol–water partition coefficient (Wildman–Crippen LogP) is 3.02. The molecule has 25 heavy (non-hydrogen) atoms. The van der Waals surface area contributed by atoms with Crippen molar-refractivity contribution in [1.82, 2.24) is 24.1 Å². The van der Waals surface area contributed by atoms with Crippen LogP contribution >= 0.6 is 0 Å². The van der Waals surface area contributed by atoms with E-state index in [1.165, 1.54) is 24.2 Å². The maximum atomic E-state index is 4.81. The summed E-state index contributed by atoms with van der Waals surface area (Å²) < 4.78 is 4.24. The Hall–Kier alpha value is -2.37. The number of aryl methyl sites for hydroxylation is 3. The lowest BCUT2D eigenvalue weighted by atomic mass is 9.98. The van der Waals surface area contributed by atoms with Crippen molar-refractivity contribution in [1.29, 1.82) is 0 Å². The molecule has 1 atom stereocenters. The maximum Gasteiger partial charge on any atom is 0.160 e. The predicted molar refractivity (Wildman–Crippen MR) is 99.0 cm³/mol. The third-order valence-electron chi connectivity index (χ3n) is 5.32. The van der Waals surface area contributed by atoms with Gasteiger partial charge in [-0.2, -0.15) is 9.61 Å². The van der Waals surface area contributed by atoms with Crippen molar-refractivity contribution >= 4 is 11.5 Å². The van der Waals surface area contributed by atoms with Crippen LogP contribution in [-0.4, -0.2) is 37.2 Å². The van der Waals surface area contributed by atoms with Gasteiger partial charge >= 0.3 is 0 Å². The number of fused-ring (bicyclic) bond motifs is 1. The fraction of sp³-hybridized carbons (Fsp3) is 0.526. The molecule has 0 N–H and O–H groups in total. The first-order valence-corrected chi connectivity index (χ1v) is 9.22. The minimum absolute atomic E-state index is 0.633. The lowest BCUT2D eigenvalue weighted by Gasteiger charge is -2.34. The lowest BCUT2D eigenvalue weighted by molar-refractivity contribution is 0.364. The Morgan fingerprint density at radius 2 is 2.16 bits per heavy atom.